The number of nitrogens with one attached hydrogen (secondary N) is 3. The minimum Gasteiger partial charge on any atom is -0.351 e. The molecule has 3 aromatic heterocycles. The Labute approximate surface area is 213 Å². The van der Waals surface area contributed by atoms with Gasteiger partial charge in [0, 0.05) is 55.6 Å². The van der Waals surface area contributed by atoms with Gasteiger partial charge in [-0.25, -0.2) is 9.37 Å². The lowest BCUT2D eigenvalue weighted by Gasteiger charge is -2.16. The van der Waals surface area contributed by atoms with Crippen LogP contribution in [0.2, 0.25) is 0 Å². The quantitative estimate of drug-likeness (QED) is 0.359. The van der Waals surface area contributed by atoms with Crippen molar-refractivity contribution < 1.29 is 14.0 Å². The third-order valence-electron chi connectivity index (χ3n) is 7.41. The first-order valence-electron chi connectivity index (χ1n) is 12.5. The molecule has 0 bridgehead atoms. The molecule has 0 unspecified atom stereocenters. The summed E-state index contributed by atoms with van der Waals surface area (Å²) < 4.78 is 16.2. The number of aryl methyl sites for hydroxylation is 1. The van der Waals surface area contributed by atoms with E-state index in [2.05, 4.69) is 30.6 Å². The second-order valence-electron chi connectivity index (χ2n) is 10.2. The van der Waals surface area contributed by atoms with E-state index < -0.39 is 11.7 Å². The molecule has 1 aliphatic carbocycles. The van der Waals surface area contributed by atoms with E-state index in [-0.39, 0.29) is 22.7 Å². The average Bonchev–Trinajstić information content (AvgIpc) is 3.20. The highest BCUT2D eigenvalue weighted by Crippen LogP contribution is 2.52. The Hall–Kier alpha value is -4.05. The van der Waals surface area contributed by atoms with Crippen molar-refractivity contribution in [3.05, 3.63) is 65.9 Å². The summed E-state index contributed by atoms with van der Waals surface area (Å²) in [6.45, 7) is 3.52. The van der Waals surface area contributed by atoms with E-state index in [0.717, 1.165) is 36.3 Å². The molecule has 6 rings (SSSR count). The molecule has 4 aromatic rings. The van der Waals surface area contributed by atoms with Gasteiger partial charge in [-0.3, -0.25) is 14.3 Å². The molecule has 3 N–H and O–H groups in total. The first-order chi connectivity index (χ1) is 17.9. The molecule has 2 fully saturated rings. The minimum absolute atomic E-state index is 0.0573. The lowest BCUT2D eigenvalue weighted by molar-refractivity contribution is 0.0948. The Kier molecular flexibility index (Phi) is 5.75. The van der Waals surface area contributed by atoms with Crippen LogP contribution in [0, 0.1) is 11.2 Å². The number of amides is 2. The molecule has 9 nitrogen and oxygen atoms in total. The van der Waals surface area contributed by atoms with E-state index in [1.807, 2.05) is 19.3 Å². The van der Waals surface area contributed by atoms with Gasteiger partial charge in [-0.2, -0.15) is 5.10 Å². The van der Waals surface area contributed by atoms with Crippen LogP contribution in [0.25, 0.3) is 22.3 Å². The number of likely N-dealkylation sites (tertiary alicyclic amines) is 1. The van der Waals surface area contributed by atoms with Gasteiger partial charge in [0.2, 0.25) is 0 Å². The standard InChI is InChI=1S/C27H28FN7O2/c1-34-15-20(14-31-34)22-12-18-10-19(13-30-24(18)32-22)26(37)33-23-11-17(2-3-21(23)28)25(36)29-7-9-35-8-6-27(16-35)4-5-27/h2-3,10-15H,4-9,16H2,1H3,(H,29,36)(H,30,32)(H,33,37). The monoisotopic (exact) mass is 501 g/mol. The highest BCUT2D eigenvalue weighted by molar-refractivity contribution is 6.06. The molecule has 0 radical (unpaired) electrons. The molecule has 4 heterocycles. The summed E-state index contributed by atoms with van der Waals surface area (Å²) >= 11 is 0. The molecular formula is C27H28FN7O2. The Morgan fingerprint density at radius 2 is 1.97 bits per heavy atom. The number of pyridine rings is 1. The van der Waals surface area contributed by atoms with E-state index in [1.165, 1.54) is 43.7 Å². The number of aromatic nitrogens is 4. The zero-order chi connectivity index (χ0) is 25.6. The van der Waals surface area contributed by atoms with E-state index in [0.29, 0.717) is 17.6 Å². The number of carbonyl (C=O) groups excluding carboxylic acids is 2. The molecule has 1 aromatic carbocycles. The molecule has 0 atom stereocenters. The van der Waals surface area contributed by atoms with Crippen molar-refractivity contribution in [2.75, 3.05) is 31.5 Å². The van der Waals surface area contributed by atoms with Gasteiger partial charge in [0.15, 0.2) is 0 Å². The fourth-order valence-corrected chi connectivity index (χ4v) is 5.05. The first kappa shape index (κ1) is 23.4. The second kappa shape index (κ2) is 9.11. The normalized spacial score (nSPS) is 16.4. The summed E-state index contributed by atoms with van der Waals surface area (Å²) in [4.78, 5) is 35.5. The summed E-state index contributed by atoms with van der Waals surface area (Å²) in [5.74, 6) is -1.43. The number of benzene rings is 1. The summed E-state index contributed by atoms with van der Waals surface area (Å²) in [6, 6.07) is 7.54. The molecule has 1 aliphatic heterocycles. The molecule has 2 aliphatic rings. The molecule has 1 spiro atoms. The van der Waals surface area contributed by atoms with Gasteiger partial charge in [0.25, 0.3) is 11.8 Å². The van der Waals surface area contributed by atoms with Crippen molar-refractivity contribution in [2.24, 2.45) is 12.5 Å². The largest absolute Gasteiger partial charge is 0.351 e. The van der Waals surface area contributed by atoms with Crippen molar-refractivity contribution in [1.82, 2.24) is 30.0 Å². The summed E-state index contributed by atoms with van der Waals surface area (Å²) in [7, 11) is 1.84. The van der Waals surface area contributed by atoms with Gasteiger partial charge in [-0.15, -0.1) is 0 Å². The van der Waals surface area contributed by atoms with Crippen LogP contribution in [0.1, 0.15) is 40.0 Å². The van der Waals surface area contributed by atoms with Crippen LogP contribution in [-0.4, -0.2) is 62.6 Å². The first-order valence-corrected chi connectivity index (χ1v) is 12.5. The van der Waals surface area contributed by atoms with Gasteiger partial charge in [-0.1, -0.05) is 0 Å². The number of hydrogen-bond donors (Lipinski definition) is 3. The van der Waals surface area contributed by atoms with Crippen LogP contribution < -0.4 is 10.6 Å². The maximum absolute atomic E-state index is 14.5. The van der Waals surface area contributed by atoms with Gasteiger partial charge in [0.1, 0.15) is 11.5 Å². The number of halogens is 1. The molecule has 190 valence electrons. The zero-order valence-corrected chi connectivity index (χ0v) is 20.6. The Balaban J connectivity index is 1.11. The minimum atomic E-state index is -0.619. The van der Waals surface area contributed by atoms with Gasteiger partial charge in [0.05, 0.1) is 23.1 Å². The van der Waals surface area contributed by atoms with E-state index in [4.69, 9.17) is 0 Å². The third kappa shape index (κ3) is 4.84. The predicted octanol–water partition coefficient (Wildman–Crippen LogP) is 3.57. The number of rotatable bonds is 7. The Morgan fingerprint density at radius 1 is 1.11 bits per heavy atom. The Morgan fingerprint density at radius 3 is 2.73 bits per heavy atom. The molecule has 2 amide bonds. The lowest BCUT2D eigenvalue weighted by Crippen LogP contribution is -2.34. The van der Waals surface area contributed by atoms with Gasteiger partial charge >= 0.3 is 0 Å². The van der Waals surface area contributed by atoms with Crippen molar-refractivity contribution >= 4 is 28.5 Å². The van der Waals surface area contributed by atoms with Crippen LogP contribution in [-0.2, 0) is 7.05 Å². The highest BCUT2D eigenvalue weighted by atomic mass is 19.1. The highest BCUT2D eigenvalue weighted by Gasteiger charge is 2.47. The molecule has 10 heteroatoms. The van der Waals surface area contributed by atoms with Crippen molar-refractivity contribution in [1.29, 1.82) is 0 Å². The maximum atomic E-state index is 14.5. The number of anilines is 1. The lowest BCUT2D eigenvalue weighted by atomic mass is 10.1. The smallest absolute Gasteiger partial charge is 0.257 e. The molecule has 1 saturated heterocycles. The number of H-pyrrole nitrogens is 1. The SMILES string of the molecule is Cn1cc(-c2cc3cc(C(=O)Nc4cc(C(=O)NCCN5CCC6(CC6)C5)ccc4F)cnc3[nH]2)cn1. The number of aromatic amines is 1. The maximum Gasteiger partial charge on any atom is 0.257 e. The topological polar surface area (TPSA) is 108 Å². The number of hydrogen-bond acceptors (Lipinski definition) is 5. The number of nitrogens with zero attached hydrogens (tertiary/aromatic N) is 4. The fraction of sp³-hybridized carbons (Fsp3) is 0.333. The number of fused-ring (bicyclic) bond motifs is 1. The van der Waals surface area contributed by atoms with Gasteiger partial charge in [-0.05, 0) is 61.6 Å². The summed E-state index contributed by atoms with van der Waals surface area (Å²) in [6.07, 6.45) is 8.93. The average molecular weight is 502 g/mol. The van der Waals surface area contributed by atoms with E-state index in [9.17, 15) is 14.0 Å². The molecule has 1 saturated carbocycles. The van der Waals surface area contributed by atoms with Crippen LogP contribution in [0.3, 0.4) is 0 Å². The van der Waals surface area contributed by atoms with Crippen molar-refractivity contribution in [2.45, 2.75) is 19.3 Å². The predicted molar refractivity (Wildman–Crippen MR) is 138 cm³/mol. The van der Waals surface area contributed by atoms with Gasteiger partial charge < -0.3 is 20.5 Å². The molecule has 37 heavy (non-hydrogen) atoms. The van der Waals surface area contributed by atoms with Crippen LogP contribution in [0.4, 0.5) is 10.1 Å². The van der Waals surface area contributed by atoms with Crippen LogP contribution in [0.15, 0.2) is 48.9 Å². The van der Waals surface area contributed by atoms with E-state index in [1.54, 1.807) is 16.9 Å². The van der Waals surface area contributed by atoms with E-state index >= 15 is 0 Å². The summed E-state index contributed by atoms with van der Waals surface area (Å²) in [5, 5.41) is 10.4. The summed E-state index contributed by atoms with van der Waals surface area (Å²) in [5.41, 5.74) is 3.41. The second-order valence-corrected chi connectivity index (χ2v) is 10.2. The Bertz CT molecular complexity index is 1500. The zero-order valence-electron chi connectivity index (χ0n) is 20.6. The van der Waals surface area contributed by atoms with Crippen LogP contribution in [0.5, 0.6) is 0 Å². The number of carbonyl (C=O) groups is 2. The molecular weight excluding hydrogens is 473 g/mol. The van der Waals surface area contributed by atoms with Crippen molar-refractivity contribution in [3.63, 3.8) is 0 Å². The third-order valence-corrected chi connectivity index (χ3v) is 7.41. The van der Waals surface area contributed by atoms with Crippen LogP contribution >= 0.6 is 0 Å². The fourth-order valence-electron chi connectivity index (χ4n) is 5.05. The van der Waals surface area contributed by atoms with Crippen molar-refractivity contribution in [3.8, 4) is 11.3 Å².